The third kappa shape index (κ3) is 7.04. The topological polar surface area (TPSA) is 61.4 Å². The molecule has 0 aliphatic heterocycles. The van der Waals surface area contributed by atoms with Gasteiger partial charge in [-0.15, -0.1) is 0 Å². The van der Waals surface area contributed by atoms with Crippen LogP contribution in [0.5, 0.6) is 0 Å². The van der Waals surface area contributed by atoms with E-state index in [-0.39, 0.29) is 0 Å². The second-order valence-electron chi connectivity index (χ2n) is 18.2. The SMILES string of the molecule is c1ccc(-c2nc(-c3ccccc3)nc(-c3ccc(-c4cc(-c5ccc6c(c5)c5ccccc5n6-c5ccccc5)nc5ccc(-c6ccc7c(c6)c6ccccc6n7-c6ccccc6)cc45)cc3)n2)cc1. The first-order chi connectivity index (χ1) is 35.7. The molecular weight excluding hydrogens is 877 g/mol. The highest BCUT2D eigenvalue weighted by molar-refractivity contribution is 6.12. The van der Waals surface area contributed by atoms with Crippen molar-refractivity contribution in [1.29, 1.82) is 0 Å². The van der Waals surface area contributed by atoms with Gasteiger partial charge in [0.2, 0.25) is 0 Å². The summed E-state index contributed by atoms with van der Waals surface area (Å²) in [7, 11) is 0. The Balaban J connectivity index is 0.934. The number of aromatic nitrogens is 6. The zero-order chi connectivity index (χ0) is 47.5. The molecule has 6 heteroatoms. The summed E-state index contributed by atoms with van der Waals surface area (Å²) in [6.45, 7) is 0. The van der Waals surface area contributed by atoms with E-state index in [0.717, 1.165) is 78.0 Å². The quantitative estimate of drug-likeness (QED) is 0.152. The van der Waals surface area contributed by atoms with Crippen LogP contribution in [0, 0.1) is 0 Å². The van der Waals surface area contributed by atoms with Crippen molar-refractivity contribution in [3.63, 3.8) is 0 Å². The molecule has 0 atom stereocenters. The minimum Gasteiger partial charge on any atom is -0.309 e. The molecular formula is C66H42N6. The summed E-state index contributed by atoms with van der Waals surface area (Å²) < 4.78 is 4.71. The van der Waals surface area contributed by atoms with Gasteiger partial charge in [-0.25, -0.2) is 19.9 Å². The van der Waals surface area contributed by atoms with Crippen LogP contribution in [-0.4, -0.2) is 29.1 Å². The van der Waals surface area contributed by atoms with E-state index in [1.54, 1.807) is 0 Å². The highest BCUT2D eigenvalue weighted by Gasteiger charge is 2.19. The van der Waals surface area contributed by atoms with E-state index < -0.39 is 0 Å². The molecule has 0 N–H and O–H groups in total. The lowest BCUT2D eigenvalue weighted by Gasteiger charge is -2.14. The molecule has 0 saturated heterocycles. The van der Waals surface area contributed by atoms with Crippen LogP contribution in [0.4, 0.5) is 0 Å². The molecule has 72 heavy (non-hydrogen) atoms. The smallest absolute Gasteiger partial charge is 0.164 e. The molecule has 14 rings (SSSR count). The van der Waals surface area contributed by atoms with E-state index in [2.05, 4.69) is 203 Å². The summed E-state index contributed by atoms with van der Waals surface area (Å²) in [4.78, 5) is 20.5. The Labute approximate surface area is 415 Å². The van der Waals surface area contributed by atoms with Crippen LogP contribution < -0.4 is 0 Å². The third-order valence-electron chi connectivity index (χ3n) is 14.0. The number of hydrogen-bond donors (Lipinski definition) is 0. The predicted molar refractivity (Wildman–Crippen MR) is 296 cm³/mol. The summed E-state index contributed by atoms with van der Waals surface area (Å²) in [6.07, 6.45) is 0. The number of pyridine rings is 1. The average molecular weight is 919 g/mol. The Morgan fingerprint density at radius 1 is 0.236 bits per heavy atom. The first kappa shape index (κ1) is 41.2. The highest BCUT2D eigenvalue weighted by atomic mass is 15.0. The summed E-state index contributed by atoms with van der Waals surface area (Å²) in [5.41, 5.74) is 17.0. The number of fused-ring (bicyclic) bond motifs is 7. The first-order valence-electron chi connectivity index (χ1n) is 24.3. The molecule has 0 bridgehead atoms. The van der Waals surface area contributed by atoms with Gasteiger partial charge < -0.3 is 9.13 Å². The van der Waals surface area contributed by atoms with E-state index in [9.17, 15) is 0 Å². The van der Waals surface area contributed by atoms with Gasteiger partial charge in [0, 0.05) is 60.6 Å². The number of benzene rings is 10. The van der Waals surface area contributed by atoms with Crippen LogP contribution in [0.3, 0.4) is 0 Å². The lowest BCUT2D eigenvalue weighted by Crippen LogP contribution is -2.00. The number of hydrogen-bond acceptors (Lipinski definition) is 4. The zero-order valence-corrected chi connectivity index (χ0v) is 38.9. The van der Waals surface area contributed by atoms with Crippen molar-refractivity contribution >= 4 is 54.5 Å². The first-order valence-corrected chi connectivity index (χ1v) is 24.3. The lowest BCUT2D eigenvalue weighted by atomic mass is 9.94. The minimum atomic E-state index is 0.615. The Bertz CT molecular complexity index is 4300. The van der Waals surface area contributed by atoms with Gasteiger partial charge in [-0.2, -0.15) is 0 Å². The molecule has 10 aromatic carbocycles. The van der Waals surface area contributed by atoms with Gasteiger partial charge in [-0.05, 0) is 101 Å². The van der Waals surface area contributed by atoms with E-state index in [4.69, 9.17) is 19.9 Å². The number of para-hydroxylation sites is 4. The van der Waals surface area contributed by atoms with Gasteiger partial charge in [-0.1, -0.05) is 176 Å². The standard InChI is InChI=1S/C66H42N6/c1-5-17-44(18-6-1)64-68-65(45-19-7-2-8-20-45)70-66(69-64)46-31-29-43(30-32-46)54-42-59(49-35-38-63-57(41-49)53-26-14-16-28-61(53)72(63)51-23-11-4-12-24-51)67-58-36-33-47(39-55(54)58)48-34-37-62-56(40-48)52-25-13-15-27-60(52)71(62)50-21-9-3-10-22-50/h1-42H. The molecule has 336 valence electrons. The van der Waals surface area contributed by atoms with Gasteiger partial charge >= 0.3 is 0 Å². The van der Waals surface area contributed by atoms with Crippen LogP contribution in [0.25, 0.3) is 134 Å². The lowest BCUT2D eigenvalue weighted by molar-refractivity contribution is 1.07. The minimum absolute atomic E-state index is 0.615. The fourth-order valence-electron chi connectivity index (χ4n) is 10.5. The van der Waals surface area contributed by atoms with Crippen LogP contribution >= 0.6 is 0 Å². The molecule has 0 spiro atoms. The Morgan fingerprint density at radius 2 is 0.611 bits per heavy atom. The largest absolute Gasteiger partial charge is 0.309 e. The van der Waals surface area contributed by atoms with Crippen molar-refractivity contribution in [2.45, 2.75) is 0 Å². The van der Waals surface area contributed by atoms with E-state index in [1.165, 1.54) is 38.1 Å². The number of rotatable bonds is 8. The molecule has 0 aliphatic carbocycles. The fraction of sp³-hybridized carbons (Fsp3) is 0. The maximum Gasteiger partial charge on any atom is 0.164 e. The van der Waals surface area contributed by atoms with Crippen molar-refractivity contribution in [1.82, 2.24) is 29.1 Å². The Morgan fingerprint density at radius 3 is 1.14 bits per heavy atom. The zero-order valence-electron chi connectivity index (χ0n) is 38.9. The van der Waals surface area contributed by atoms with Crippen LogP contribution in [0.2, 0.25) is 0 Å². The van der Waals surface area contributed by atoms with E-state index >= 15 is 0 Å². The summed E-state index contributed by atoms with van der Waals surface area (Å²) in [6, 6.07) is 90.0. The van der Waals surface area contributed by atoms with Gasteiger partial charge in [0.25, 0.3) is 0 Å². The van der Waals surface area contributed by atoms with Gasteiger partial charge in [0.05, 0.1) is 33.3 Å². The van der Waals surface area contributed by atoms with Gasteiger partial charge in [-0.3, -0.25) is 0 Å². The monoisotopic (exact) mass is 918 g/mol. The van der Waals surface area contributed by atoms with Crippen molar-refractivity contribution in [2.75, 3.05) is 0 Å². The molecule has 4 aromatic heterocycles. The molecule has 0 saturated carbocycles. The maximum atomic E-state index is 5.45. The van der Waals surface area contributed by atoms with Crippen molar-refractivity contribution in [2.24, 2.45) is 0 Å². The molecule has 0 radical (unpaired) electrons. The van der Waals surface area contributed by atoms with E-state index in [1.807, 2.05) is 60.7 Å². The van der Waals surface area contributed by atoms with Crippen molar-refractivity contribution < 1.29 is 0 Å². The van der Waals surface area contributed by atoms with Crippen molar-refractivity contribution in [3.8, 4) is 79.0 Å². The molecule has 6 nitrogen and oxygen atoms in total. The van der Waals surface area contributed by atoms with Gasteiger partial charge in [0.15, 0.2) is 17.5 Å². The molecule has 0 unspecified atom stereocenters. The van der Waals surface area contributed by atoms with Gasteiger partial charge in [0.1, 0.15) is 0 Å². The highest BCUT2D eigenvalue weighted by Crippen LogP contribution is 2.40. The average Bonchev–Trinajstić information content (AvgIpc) is 3.98. The molecule has 4 heterocycles. The van der Waals surface area contributed by atoms with Crippen LogP contribution in [0.15, 0.2) is 255 Å². The van der Waals surface area contributed by atoms with Crippen molar-refractivity contribution in [3.05, 3.63) is 255 Å². The summed E-state index contributed by atoms with van der Waals surface area (Å²) in [5, 5.41) is 5.88. The predicted octanol–water partition coefficient (Wildman–Crippen LogP) is 16.6. The third-order valence-corrected chi connectivity index (χ3v) is 14.0. The number of nitrogens with zero attached hydrogens (tertiary/aromatic N) is 6. The van der Waals surface area contributed by atoms with Crippen LogP contribution in [0.1, 0.15) is 0 Å². The second-order valence-corrected chi connectivity index (χ2v) is 18.2. The summed E-state index contributed by atoms with van der Waals surface area (Å²) in [5.74, 6) is 1.88. The Kier molecular flexibility index (Phi) is 9.74. The van der Waals surface area contributed by atoms with E-state index in [0.29, 0.717) is 17.5 Å². The Hall–Kier alpha value is -9.78. The second kappa shape index (κ2) is 17.0. The normalized spacial score (nSPS) is 11.6. The molecule has 0 amide bonds. The molecule has 0 fully saturated rings. The molecule has 0 aliphatic rings. The fourth-order valence-corrected chi connectivity index (χ4v) is 10.5. The van der Waals surface area contributed by atoms with Crippen LogP contribution in [-0.2, 0) is 0 Å². The maximum absolute atomic E-state index is 5.45. The molecule has 14 aromatic rings. The summed E-state index contributed by atoms with van der Waals surface area (Å²) >= 11 is 0.